The number of nitrogens with one attached hydrogen (secondary N) is 2. The zero-order valence-corrected chi connectivity index (χ0v) is 11.7. The molecule has 1 aliphatic carbocycles. The summed E-state index contributed by atoms with van der Waals surface area (Å²) in [6, 6.07) is 0. The molecule has 0 bridgehead atoms. The van der Waals surface area contributed by atoms with Gasteiger partial charge >= 0.3 is 0 Å². The highest BCUT2D eigenvalue weighted by molar-refractivity contribution is 5.88. The average Bonchev–Trinajstić information content (AvgIpc) is 2.88. The first kappa shape index (κ1) is 14.0. The van der Waals surface area contributed by atoms with Crippen molar-refractivity contribution in [2.75, 3.05) is 6.61 Å². The van der Waals surface area contributed by atoms with Crippen LogP contribution in [0.15, 0.2) is 12.4 Å². The van der Waals surface area contributed by atoms with Gasteiger partial charge in [-0.05, 0) is 6.92 Å². The van der Waals surface area contributed by atoms with Gasteiger partial charge in [0.2, 0.25) is 5.91 Å². The van der Waals surface area contributed by atoms with Crippen LogP contribution in [-0.4, -0.2) is 34.4 Å². The van der Waals surface area contributed by atoms with Crippen molar-refractivity contribution in [1.29, 1.82) is 0 Å². The number of amides is 1. The first-order chi connectivity index (χ1) is 8.91. The van der Waals surface area contributed by atoms with Crippen LogP contribution < -0.4 is 11.1 Å². The summed E-state index contributed by atoms with van der Waals surface area (Å²) in [5, 5.41) is 9.41. The molecule has 1 aromatic rings. The maximum atomic E-state index is 12.3. The Morgan fingerprint density at radius 2 is 2.42 bits per heavy atom. The Morgan fingerprint density at radius 1 is 1.68 bits per heavy atom. The summed E-state index contributed by atoms with van der Waals surface area (Å²) in [4.78, 5) is 12.3. The Bertz CT molecular complexity index is 444. The highest BCUT2D eigenvalue weighted by Gasteiger charge is 2.62. The monoisotopic (exact) mass is 266 g/mol. The fourth-order valence-corrected chi connectivity index (χ4v) is 2.53. The molecule has 2 unspecified atom stereocenters. The van der Waals surface area contributed by atoms with Crippen LogP contribution in [0, 0.1) is 5.41 Å². The first-order valence-corrected chi connectivity index (χ1v) is 6.58. The number of hydrogen-bond donors (Lipinski definition) is 3. The quantitative estimate of drug-likeness (QED) is 0.726. The Kier molecular flexibility index (Phi) is 3.64. The summed E-state index contributed by atoms with van der Waals surface area (Å²) < 4.78 is 5.61. The number of rotatable bonds is 5. The fourth-order valence-electron chi connectivity index (χ4n) is 2.53. The average molecular weight is 266 g/mol. The molecule has 0 aromatic carbocycles. The van der Waals surface area contributed by atoms with Crippen molar-refractivity contribution in [1.82, 2.24) is 15.5 Å². The number of H-pyrrole nitrogens is 1. The number of aromatic nitrogens is 2. The van der Waals surface area contributed by atoms with Gasteiger partial charge in [0.25, 0.3) is 0 Å². The van der Waals surface area contributed by atoms with E-state index in [0.717, 1.165) is 5.56 Å². The van der Waals surface area contributed by atoms with E-state index in [2.05, 4.69) is 15.5 Å². The van der Waals surface area contributed by atoms with Crippen LogP contribution in [0.3, 0.4) is 0 Å². The van der Waals surface area contributed by atoms with E-state index in [9.17, 15) is 4.79 Å². The number of carbonyl (C=O) groups excluding carboxylic acids is 1. The largest absolute Gasteiger partial charge is 0.378 e. The summed E-state index contributed by atoms with van der Waals surface area (Å²) in [5.41, 5.74) is 5.97. The number of nitrogens with two attached hydrogens (primary N) is 1. The molecule has 6 heteroatoms. The van der Waals surface area contributed by atoms with Gasteiger partial charge in [-0.15, -0.1) is 0 Å². The summed E-state index contributed by atoms with van der Waals surface area (Å²) in [6.07, 6.45) is 4.03. The van der Waals surface area contributed by atoms with Gasteiger partial charge in [-0.1, -0.05) is 13.8 Å². The molecule has 1 fully saturated rings. The molecule has 6 nitrogen and oxygen atoms in total. The van der Waals surface area contributed by atoms with Gasteiger partial charge in [0, 0.05) is 36.7 Å². The maximum Gasteiger partial charge on any atom is 0.241 e. The van der Waals surface area contributed by atoms with Gasteiger partial charge in [0.05, 0.1) is 12.3 Å². The third kappa shape index (κ3) is 2.26. The molecule has 1 amide bonds. The number of aromatic amines is 1. The van der Waals surface area contributed by atoms with Gasteiger partial charge in [-0.25, -0.2) is 0 Å². The van der Waals surface area contributed by atoms with Crippen molar-refractivity contribution >= 4 is 5.91 Å². The van der Waals surface area contributed by atoms with E-state index in [0.29, 0.717) is 19.6 Å². The second-order valence-corrected chi connectivity index (χ2v) is 5.63. The molecule has 0 spiro atoms. The second kappa shape index (κ2) is 4.94. The van der Waals surface area contributed by atoms with Crippen LogP contribution in [0.4, 0.5) is 0 Å². The molecule has 1 aromatic heterocycles. The normalized spacial score (nSPS) is 28.7. The molecule has 0 radical (unpaired) electrons. The predicted octanol–water partition coefficient (Wildman–Crippen LogP) is 0.558. The third-order valence-electron chi connectivity index (χ3n) is 4.24. The van der Waals surface area contributed by atoms with Crippen LogP contribution in [0.25, 0.3) is 0 Å². The molecule has 1 aliphatic rings. The highest BCUT2D eigenvalue weighted by Crippen LogP contribution is 2.49. The highest BCUT2D eigenvalue weighted by atomic mass is 16.5. The maximum absolute atomic E-state index is 12.3. The van der Waals surface area contributed by atoms with Crippen LogP contribution in [-0.2, 0) is 16.1 Å². The predicted molar refractivity (Wildman–Crippen MR) is 71.2 cm³/mol. The standard InChI is InChI=1S/C13H22N4O2/c1-4-19-10-5-13(14,12(10,2)3)11(18)15-6-9-7-16-17-8-9/h7-8,10H,4-6,14H2,1-3H3,(H,15,18)(H,16,17). The lowest BCUT2D eigenvalue weighted by molar-refractivity contribution is -0.170. The minimum atomic E-state index is -0.865. The number of ether oxygens (including phenoxy) is 1. The molecule has 0 aliphatic heterocycles. The lowest BCUT2D eigenvalue weighted by Gasteiger charge is -2.57. The molecule has 19 heavy (non-hydrogen) atoms. The number of nitrogens with zero attached hydrogens (tertiary/aromatic N) is 1. The van der Waals surface area contributed by atoms with Gasteiger partial charge in [0.15, 0.2) is 0 Å². The van der Waals surface area contributed by atoms with Gasteiger partial charge in [-0.3, -0.25) is 9.89 Å². The zero-order chi connectivity index (χ0) is 14.1. The second-order valence-electron chi connectivity index (χ2n) is 5.63. The molecule has 2 rings (SSSR count). The van der Waals surface area contributed by atoms with E-state index in [1.807, 2.05) is 20.8 Å². The van der Waals surface area contributed by atoms with Crippen LogP contribution in [0.1, 0.15) is 32.8 Å². The van der Waals surface area contributed by atoms with Gasteiger partial charge in [0.1, 0.15) is 5.54 Å². The molecular weight excluding hydrogens is 244 g/mol. The van der Waals surface area contributed by atoms with Crippen molar-refractivity contribution in [2.45, 2.75) is 45.4 Å². The molecular formula is C13H22N4O2. The molecule has 2 atom stereocenters. The van der Waals surface area contributed by atoms with E-state index in [-0.39, 0.29) is 17.4 Å². The number of carbonyl (C=O) groups is 1. The summed E-state index contributed by atoms with van der Waals surface area (Å²) in [7, 11) is 0. The summed E-state index contributed by atoms with van der Waals surface area (Å²) in [6.45, 7) is 6.98. The van der Waals surface area contributed by atoms with E-state index in [1.54, 1.807) is 12.4 Å². The lowest BCUT2D eigenvalue weighted by atomic mass is 9.54. The first-order valence-electron chi connectivity index (χ1n) is 6.58. The SMILES string of the molecule is CCOC1CC(N)(C(=O)NCc2cn[nH]c2)C1(C)C. The minimum Gasteiger partial charge on any atom is -0.378 e. The van der Waals surface area contributed by atoms with E-state index >= 15 is 0 Å². The van der Waals surface area contributed by atoms with E-state index in [4.69, 9.17) is 10.5 Å². The van der Waals surface area contributed by atoms with Crippen molar-refractivity contribution in [3.63, 3.8) is 0 Å². The van der Waals surface area contributed by atoms with Crippen molar-refractivity contribution < 1.29 is 9.53 Å². The Balaban J connectivity index is 1.95. The van der Waals surface area contributed by atoms with Gasteiger partial charge in [-0.2, -0.15) is 5.10 Å². The topological polar surface area (TPSA) is 93.0 Å². The summed E-state index contributed by atoms with van der Waals surface area (Å²) >= 11 is 0. The smallest absolute Gasteiger partial charge is 0.241 e. The Morgan fingerprint density at radius 3 is 2.95 bits per heavy atom. The molecule has 1 saturated carbocycles. The van der Waals surface area contributed by atoms with Gasteiger partial charge < -0.3 is 15.8 Å². The minimum absolute atomic E-state index is 0.0437. The summed E-state index contributed by atoms with van der Waals surface area (Å²) in [5.74, 6) is -0.130. The van der Waals surface area contributed by atoms with E-state index in [1.165, 1.54) is 0 Å². The van der Waals surface area contributed by atoms with Crippen LogP contribution in [0.2, 0.25) is 0 Å². The van der Waals surface area contributed by atoms with Crippen molar-refractivity contribution in [2.24, 2.45) is 11.1 Å². The zero-order valence-electron chi connectivity index (χ0n) is 11.7. The Hall–Kier alpha value is -1.40. The molecule has 0 saturated heterocycles. The van der Waals surface area contributed by atoms with E-state index < -0.39 is 5.54 Å². The molecule has 4 N–H and O–H groups in total. The molecule has 1 heterocycles. The third-order valence-corrected chi connectivity index (χ3v) is 4.24. The Labute approximate surface area is 113 Å². The fraction of sp³-hybridized carbons (Fsp3) is 0.692. The van der Waals surface area contributed by atoms with Crippen molar-refractivity contribution in [3.8, 4) is 0 Å². The van der Waals surface area contributed by atoms with Crippen molar-refractivity contribution in [3.05, 3.63) is 18.0 Å². The van der Waals surface area contributed by atoms with Crippen LogP contribution >= 0.6 is 0 Å². The number of hydrogen-bond acceptors (Lipinski definition) is 4. The van der Waals surface area contributed by atoms with Crippen LogP contribution in [0.5, 0.6) is 0 Å². The lowest BCUT2D eigenvalue weighted by Crippen LogP contribution is -2.75. The molecule has 106 valence electrons.